The summed E-state index contributed by atoms with van der Waals surface area (Å²) in [5.41, 5.74) is 7.58. The molecule has 0 aliphatic carbocycles. The van der Waals surface area contributed by atoms with Crippen LogP contribution in [0.4, 0.5) is 10.8 Å². The molecule has 0 unspecified atom stereocenters. The van der Waals surface area contributed by atoms with Crippen LogP contribution in [0, 0.1) is 6.92 Å². The molecule has 0 aliphatic heterocycles. The lowest BCUT2D eigenvalue weighted by Crippen LogP contribution is -2.33. The van der Waals surface area contributed by atoms with Crippen LogP contribution in [0.3, 0.4) is 0 Å². The number of carbonyl (C=O) groups is 2. The number of rotatable bonds is 8. The Morgan fingerprint density at radius 1 is 1.30 bits per heavy atom. The van der Waals surface area contributed by atoms with Crippen molar-refractivity contribution in [2.75, 3.05) is 11.9 Å². The third-order valence-electron chi connectivity index (χ3n) is 3.83. The number of primary amides is 1. The molecule has 0 aliphatic rings. The topological polar surface area (TPSA) is 101 Å². The first-order chi connectivity index (χ1) is 13.0. The Labute approximate surface area is 160 Å². The fourth-order valence-electron chi connectivity index (χ4n) is 2.53. The maximum Gasteiger partial charge on any atom is 0.273 e. The van der Waals surface area contributed by atoms with Crippen LogP contribution in [0.1, 0.15) is 28.2 Å². The van der Waals surface area contributed by atoms with Crippen molar-refractivity contribution in [3.8, 4) is 0 Å². The zero-order chi connectivity index (χ0) is 19.2. The minimum atomic E-state index is -0.465. The van der Waals surface area contributed by atoms with Crippen molar-refractivity contribution in [2.45, 2.75) is 19.9 Å². The van der Waals surface area contributed by atoms with Gasteiger partial charge >= 0.3 is 0 Å². The summed E-state index contributed by atoms with van der Waals surface area (Å²) in [5, 5.41) is 5.52. The average Bonchev–Trinajstić information content (AvgIpc) is 3.30. The smallest absolute Gasteiger partial charge is 0.273 e. The number of nitrogens with zero attached hydrogens (tertiary/aromatic N) is 2. The number of benzene rings is 1. The standard InChI is InChI=1S/C19H20N4O3S/c1-13-4-2-5-14(10-13)21-19-22-16(12-27-19)18(25)23(8-7-17(20)24)11-15-6-3-9-26-15/h2-6,9-10,12H,7-8,11H2,1H3,(H2,20,24)(H,21,22). The highest BCUT2D eigenvalue weighted by Crippen LogP contribution is 2.23. The average molecular weight is 384 g/mol. The van der Waals surface area contributed by atoms with Crippen LogP contribution in [-0.2, 0) is 11.3 Å². The van der Waals surface area contributed by atoms with Gasteiger partial charge in [-0.05, 0) is 36.8 Å². The third-order valence-corrected chi connectivity index (χ3v) is 4.59. The highest BCUT2D eigenvalue weighted by molar-refractivity contribution is 7.14. The van der Waals surface area contributed by atoms with Crippen molar-refractivity contribution in [1.82, 2.24) is 9.88 Å². The van der Waals surface area contributed by atoms with Gasteiger partial charge in [-0.1, -0.05) is 12.1 Å². The van der Waals surface area contributed by atoms with E-state index < -0.39 is 5.91 Å². The maximum atomic E-state index is 12.9. The Morgan fingerprint density at radius 3 is 2.85 bits per heavy atom. The van der Waals surface area contributed by atoms with Gasteiger partial charge in [0, 0.05) is 24.0 Å². The highest BCUT2D eigenvalue weighted by atomic mass is 32.1. The predicted molar refractivity (Wildman–Crippen MR) is 104 cm³/mol. The van der Waals surface area contributed by atoms with E-state index in [0.29, 0.717) is 16.6 Å². The van der Waals surface area contributed by atoms with Crippen molar-refractivity contribution in [3.63, 3.8) is 0 Å². The third kappa shape index (κ3) is 5.18. The molecular formula is C19H20N4O3S. The molecule has 3 N–H and O–H groups in total. The second kappa shape index (κ2) is 8.50. The summed E-state index contributed by atoms with van der Waals surface area (Å²) in [5.74, 6) is -0.116. The second-order valence-electron chi connectivity index (χ2n) is 6.05. The number of furan rings is 1. The summed E-state index contributed by atoms with van der Waals surface area (Å²) in [6.07, 6.45) is 1.61. The number of amides is 2. The fourth-order valence-corrected chi connectivity index (χ4v) is 3.23. The van der Waals surface area contributed by atoms with Gasteiger partial charge in [-0.2, -0.15) is 0 Å². The Morgan fingerprint density at radius 2 is 2.15 bits per heavy atom. The molecule has 8 heteroatoms. The molecule has 3 rings (SSSR count). The number of hydrogen-bond donors (Lipinski definition) is 2. The number of aryl methyl sites for hydroxylation is 1. The number of hydrogen-bond acceptors (Lipinski definition) is 6. The number of thiazole rings is 1. The van der Waals surface area contributed by atoms with Crippen molar-refractivity contribution < 1.29 is 14.0 Å². The molecule has 3 aromatic rings. The van der Waals surface area contributed by atoms with Gasteiger partial charge in [-0.25, -0.2) is 4.98 Å². The number of nitrogens with two attached hydrogens (primary N) is 1. The second-order valence-corrected chi connectivity index (χ2v) is 6.91. The van der Waals surface area contributed by atoms with E-state index in [1.165, 1.54) is 16.2 Å². The molecule has 0 spiro atoms. The first-order valence-corrected chi connectivity index (χ1v) is 9.28. The van der Waals surface area contributed by atoms with Crippen molar-refractivity contribution in [2.24, 2.45) is 5.73 Å². The van der Waals surface area contributed by atoms with Crippen LogP contribution >= 0.6 is 11.3 Å². The number of anilines is 2. The predicted octanol–water partition coefficient (Wildman–Crippen LogP) is 3.31. The normalized spacial score (nSPS) is 10.6. The zero-order valence-electron chi connectivity index (χ0n) is 14.8. The molecule has 7 nitrogen and oxygen atoms in total. The number of carbonyl (C=O) groups excluding carboxylic acids is 2. The number of nitrogens with one attached hydrogen (secondary N) is 1. The van der Waals surface area contributed by atoms with Crippen LogP contribution in [0.5, 0.6) is 0 Å². The van der Waals surface area contributed by atoms with E-state index in [1.807, 2.05) is 31.2 Å². The summed E-state index contributed by atoms with van der Waals surface area (Å²) in [4.78, 5) is 29.9. The fraction of sp³-hybridized carbons (Fsp3) is 0.211. The first kappa shape index (κ1) is 18.7. The van der Waals surface area contributed by atoms with E-state index in [2.05, 4.69) is 10.3 Å². The van der Waals surface area contributed by atoms with Gasteiger partial charge in [-0.3, -0.25) is 9.59 Å². The first-order valence-electron chi connectivity index (χ1n) is 8.40. The summed E-state index contributed by atoms with van der Waals surface area (Å²) in [7, 11) is 0. The lowest BCUT2D eigenvalue weighted by molar-refractivity contribution is -0.118. The summed E-state index contributed by atoms with van der Waals surface area (Å²) < 4.78 is 5.31. The minimum absolute atomic E-state index is 0.0744. The van der Waals surface area contributed by atoms with Crippen LogP contribution in [-0.4, -0.2) is 28.2 Å². The van der Waals surface area contributed by atoms with E-state index in [0.717, 1.165) is 11.3 Å². The molecule has 0 atom stereocenters. The molecule has 0 radical (unpaired) electrons. The van der Waals surface area contributed by atoms with Crippen molar-refractivity contribution in [1.29, 1.82) is 0 Å². The van der Waals surface area contributed by atoms with Gasteiger partial charge in [0.2, 0.25) is 5.91 Å². The van der Waals surface area contributed by atoms with Crippen molar-refractivity contribution in [3.05, 3.63) is 65.1 Å². The van der Waals surface area contributed by atoms with Crippen LogP contribution in [0.25, 0.3) is 0 Å². The molecule has 2 heterocycles. The van der Waals surface area contributed by atoms with Gasteiger partial charge in [0.1, 0.15) is 11.5 Å². The van der Waals surface area contributed by atoms with Gasteiger partial charge < -0.3 is 20.4 Å². The van der Waals surface area contributed by atoms with Crippen LogP contribution < -0.4 is 11.1 Å². The van der Waals surface area contributed by atoms with E-state index in [9.17, 15) is 9.59 Å². The number of aromatic nitrogens is 1. The van der Waals surface area contributed by atoms with Crippen LogP contribution in [0.15, 0.2) is 52.5 Å². The Bertz CT molecular complexity index is 921. The molecule has 27 heavy (non-hydrogen) atoms. The Balaban J connectivity index is 1.73. The van der Waals surface area contributed by atoms with E-state index in [-0.39, 0.29) is 25.4 Å². The van der Waals surface area contributed by atoms with Gasteiger partial charge in [-0.15, -0.1) is 11.3 Å². The molecule has 1 aromatic carbocycles. The zero-order valence-corrected chi connectivity index (χ0v) is 15.7. The lowest BCUT2D eigenvalue weighted by atomic mass is 10.2. The largest absolute Gasteiger partial charge is 0.467 e. The summed E-state index contributed by atoms with van der Waals surface area (Å²) in [6.45, 7) is 2.46. The Kier molecular flexibility index (Phi) is 5.87. The summed E-state index contributed by atoms with van der Waals surface area (Å²) >= 11 is 1.34. The highest BCUT2D eigenvalue weighted by Gasteiger charge is 2.20. The Hall–Kier alpha value is -3.13. The monoisotopic (exact) mass is 384 g/mol. The molecule has 2 amide bonds. The molecule has 0 saturated carbocycles. The van der Waals surface area contributed by atoms with Gasteiger partial charge in [0.05, 0.1) is 12.8 Å². The molecule has 140 valence electrons. The van der Waals surface area contributed by atoms with Gasteiger partial charge in [0.15, 0.2) is 5.13 Å². The van der Waals surface area contributed by atoms with Gasteiger partial charge in [0.25, 0.3) is 5.91 Å². The molecule has 0 saturated heterocycles. The van der Waals surface area contributed by atoms with Crippen LogP contribution in [0.2, 0.25) is 0 Å². The quantitative estimate of drug-likeness (QED) is 0.620. The molecule has 0 fully saturated rings. The molecule has 0 bridgehead atoms. The maximum absolute atomic E-state index is 12.9. The van der Waals surface area contributed by atoms with Crippen molar-refractivity contribution >= 4 is 34.0 Å². The molecule has 2 aromatic heterocycles. The molecular weight excluding hydrogens is 364 g/mol. The lowest BCUT2D eigenvalue weighted by Gasteiger charge is -2.20. The van der Waals surface area contributed by atoms with E-state index in [4.69, 9.17) is 10.2 Å². The SMILES string of the molecule is Cc1cccc(Nc2nc(C(=O)N(CCC(N)=O)Cc3ccco3)cs2)c1. The minimum Gasteiger partial charge on any atom is -0.467 e. The van der Waals surface area contributed by atoms with E-state index >= 15 is 0 Å². The summed E-state index contributed by atoms with van der Waals surface area (Å²) in [6, 6.07) is 11.4. The van der Waals surface area contributed by atoms with E-state index in [1.54, 1.807) is 23.8 Å².